The summed E-state index contributed by atoms with van der Waals surface area (Å²) in [6.45, 7) is 6.17. The first kappa shape index (κ1) is 16.0. The Kier molecular flexibility index (Phi) is 5.50. The Bertz CT molecular complexity index is 485. The minimum absolute atomic E-state index is 0.0764. The molecule has 0 amide bonds. The van der Waals surface area contributed by atoms with Crippen LogP contribution >= 0.6 is 11.3 Å². The average Bonchev–Trinajstić information content (AvgIpc) is 2.79. The first-order valence-corrected chi connectivity index (χ1v) is 9.16. The van der Waals surface area contributed by atoms with Crippen molar-refractivity contribution in [3.63, 3.8) is 0 Å². The van der Waals surface area contributed by atoms with E-state index in [9.17, 15) is 4.79 Å². The first-order chi connectivity index (χ1) is 10.7. The van der Waals surface area contributed by atoms with Gasteiger partial charge in [-0.05, 0) is 44.2 Å². The number of hydrogen-bond donors (Lipinski definition) is 0. The van der Waals surface area contributed by atoms with Crippen LogP contribution < -0.4 is 0 Å². The summed E-state index contributed by atoms with van der Waals surface area (Å²) < 4.78 is 11.0. The molecule has 0 unspecified atom stereocenters. The number of nitrogens with zero attached hydrogens (tertiary/aromatic N) is 1. The fraction of sp³-hybridized carbons (Fsp3) is 0.706. The lowest BCUT2D eigenvalue weighted by Crippen LogP contribution is -2.41. The predicted octanol–water partition coefficient (Wildman–Crippen LogP) is 2.89. The lowest BCUT2D eigenvalue weighted by atomic mass is 10.1. The van der Waals surface area contributed by atoms with Gasteiger partial charge in [0.25, 0.3) is 0 Å². The summed E-state index contributed by atoms with van der Waals surface area (Å²) in [4.78, 5) is 16.8. The number of morpholine rings is 1. The number of carbonyl (C=O) groups excluding carboxylic acids is 1. The fourth-order valence-electron chi connectivity index (χ4n) is 3.19. The van der Waals surface area contributed by atoms with E-state index in [2.05, 4.69) is 11.0 Å². The van der Waals surface area contributed by atoms with E-state index >= 15 is 0 Å². The van der Waals surface area contributed by atoms with Crippen LogP contribution in [0.1, 0.15) is 46.3 Å². The van der Waals surface area contributed by atoms with E-state index in [0.717, 1.165) is 50.6 Å². The van der Waals surface area contributed by atoms with Crippen molar-refractivity contribution in [1.29, 1.82) is 0 Å². The highest BCUT2D eigenvalue weighted by Crippen LogP contribution is 2.29. The van der Waals surface area contributed by atoms with Gasteiger partial charge in [0.1, 0.15) is 11.0 Å². The van der Waals surface area contributed by atoms with E-state index in [-0.39, 0.29) is 12.1 Å². The van der Waals surface area contributed by atoms with Crippen LogP contribution in [0.5, 0.6) is 0 Å². The van der Waals surface area contributed by atoms with Crippen molar-refractivity contribution in [1.82, 2.24) is 4.90 Å². The summed E-state index contributed by atoms with van der Waals surface area (Å²) in [5, 5.41) is 0. The van der Waals surface area contributed by atoms with Crippen molar-refractivity contribution in [2.45, 2.75) is 45.1 Å². The highest BCUT2D eigenvalue weighted by atomic mass is 32.1. The molecule has 1 aliphatic carbocycles. The molecule has 3 rings (SSSR count). The zero-order valence-corrected chi connectivity index (χ0v) is 14.1. The zero-order valence-electron chi connectivity index (χ0n) is 13.3. The van der Waals surface area contributed by atoms with Gasteiger partial charge in [0, 0.05) is 24.5 Å². The summed E-state index contributed by atoms with van der Waals surface area (Å²) in [6.07, 6.45) is 5.95. The molecule has 1 fully saturated rings. The van der Waals surface area contributed by atoms with Crippen LogP contribution in [0.15, 0.2) is 6.07 Å². The van der Waals surface area contributed by atoms with Crippen molar-refractivity contribution in [2.24, 2.45) is 0 Å². The second-order valence-electron chi connectivity index (χ2n) is 6.25. The molecule has 0 radical (unpaired) electrons. The second kappa shape index (κ2) is 7.57. The van der Waals surface area contributed by atoms with E-state index < -0.39 is 0 Å². The van der Waals surface area contributed by atoms with Gasteiger partial charge in [0.05, 0.1) is 13.2 Å². The molecule has 0 N–H and O–H groups in total. The molecule has 22 heavy (non-hydrogen) atoms. The first-order valence-electron chi connectivity index (χ1n) is 8.35. The lowest BCUT2D eigenvalue weighted by molar-refractivity contribution is 0.000722. The van der Waals surface area contributed by atoms with Gasteiger partial charge < -0.3 is 9.47 Å². The van der Waals surface area contributed by atoms with Crippen LogP contribution in [0.4, 0.5) is 0 Å². The Balaban J connectivity index is 1.54. The molecule has 0 aromatic carbocycles. The van der Waals surface area contributed by atoms with E-state index in [1.165, 1.54) is 29.7 Å². The average molecular weight is 323 g/mol. The molecule has 1 aliphatic heterocycles. The highest BCUT2D eigenvalue weighted by Gasteiger charge is 2.21. The Morgan fingerprint density at radius 1 is 1.32 bits per heavy atom. The summed E-state index contributed by atoms with van der Waals surface area (Å²) in [6, 6.07) is 2.06. The zero-order chi connectivity index (χ0) is 15.4. The largest absolute Gasteiger partial charge is 0.457 e. The van der Waals surface area contributed by atoms with Crippen LogP contribution in [0.2, 0.25) is 0 Å². The highest BCUT2D eigenvalue weighted by molar-refractivity contribution is 7.14. The van der Waals surface area contributed by atoms with E-state index in [4.69, 9.17) is 9.47 Å². The molecule has 2 aliphatic rings. The summed E-state index contributed by atoms with van der Waals surface area (Å²) in [5.41, 5.74) is 1.37. The Labute approximate surface area is 136 Å². The minimum Gasteiger partial charge on any atom is -0.457 e. The van der Waals surface area contributed by atoms with Crippen LogP contribution in [0.3, 0.4) is 0 Å². The molecule has 5 heteroatoms. The van der Waals surface area contributed by atoms with Gasteiger partial charge in [0.2, 0.25) is 0 Å². The standard InChI is InChI=1S/C17H25NO3S/c1-13(12-18-7-9-20-10-8-18)21-17(19)16-11-14-5-3-2-4-6-15(14)22-16/h11,13H,2-10,12H2,1H3/t13-/m1/s1. The number of aryl methyl sites for hydroxylation is 2. The second-order valence-corrected chi connectivity index (χ2v) is 7.39. The van der Waals surface area contributed by atoms with Gasteiger partial charge in [0.15, 0.2) is 0 Å². The SMILES string of the molecule is C[C@H](CN1CCOCC1)OC(=O)c1cc2c(s1)CCCCC2. The molecule has 1 aromatic heterocycles. The monoisotopic (exact) mass is 323 g/mol. The van der Waals surface area contributed by atoms with Crippen molar-refractivity contribution in [2.75, 3.05) is 32.8 Å². The quantitative estimate of drug-likeness (QED) is 0.631. The molecule has 4 nitrogen and oxygen atoms in total. The van der Waals surface area contributed by atoms with Crippen LogP contribution in [0.25, 0.3) is 0 Å². The Hall–Kier alpha value is -0.910. The maximum atomic E-state index is 12.3. The molecule has 2 heterocycles. The van der Waals surface area contributed by atoms with E-state index in [1.807, 2.05) is 6.92 Å². The number of thiophene rings is 1. The molecular formula is C17H25NO3S. The molecule has 122 valence electrons. The molecule has 1 aromatic rings. The third-order valence-corrected chi connectivity index (χ3v) is 5.59. The number of esters is 1. The normalized spacial score (nSPS) is 21.0. The molecule has 0 saturated carbocycles. The van der Waals surface area contributed by atoms with Gasteiger partial charge in [-0.1, -0.05) is 6.42 Å². The third kappa shape index (κ3) is 4.09. The number of ether oxygens (including phenoxy) is 2. The van der Waals surface area contributed by atoms with Gasteiger partial charge in [-0.15, -0.1) is 11.3 Å². The van der Waals surface area contributed by atoms with Gasteiger partial charge in [-0.3, -0.25) is 4.90 Å². The summed E-state index contributed by atoms with van der Waals surface area (Å²) in [7, 11) is 0. The van der Waals surface area contributed by atoms with Crippen LogP contribution in [0, 0.1) is 0 Å². The minimum atomic E-state index is -0.154. The van der Waals surface area contributed by atoms with Crippen LogP contribution in [-0.4, -0.2) is 49.8 Å². The summed E-state index contributed by atoms with van der Waals surface area (Å²) in [5.74, 6) is -0.154. The molecule has 1 saturated heterocycles. The van der Waals surface area contributed by atoms with Crippen LogP contribution in [-0.2, 0) is 22.3 Å². The predicted molar refractivity (Wildman–Crippen MR) is 87.7 cm³/mol. The Morgan fingerprint density at radius 2 is 2.09 bits per heavy atom. The van der Waals surface area contributed by atoms with Crippen molar-refractivity contribution in [3.05, 3.63) is 21.4 Å². The number of rotatable bonds is 4. The molecule has 0 bridgehead atoms. The topological polar surface area (TPSA) is 38.8 Å². The molecule has 0 spiro atoms. The number of hydrogen-bond acceptors (Lipinski definition) is 5. The third-order valence-electron chi connectivity index (χ3n) is 4.38. The lowest BCUT2D eigenvalue weighted by Gasteiger charge is -2.28. The summed E-state index contributed by atoms with van der Waals surface area (Å²) >= 11 is 1.64. The maximum absolute atomic E-state index is 12.3. The molecule has 1 atom stereocenters. The molecular weight excluding hydrogens is 298 g/mol. The van der Waals surface area contributed by atoms with E-state index in [1.54, 1.807) is 11.3 Å². The number of fused-ring (bicyclic) bond motifs is 1. The van der Waals surface area contributed by atoms with Gasteiger partial charge >= 0.3 is 5.97 Å². The van der Waals surface area contributed by atoms with Crippen molar-refractivity contribution in [3.8, 4) is 0 Å². The Morgan fingerprint density at radius 3 is 2.91 bits per heavy atom. The van der Waals surface area contributed by atoms with Crippen molar-refractivity contribution < 1.29 is 14.3 Å². The fourth-order valence-corrected chi connectivity index (χ4v) is 4.33. The van der Waals surface area contributed by atoms with Crippen molar-refractivity contribution >= 4 is 17.3 Å². The van der Waals surface area contributed by atoms with Gasteiger partial charge in [-0.25, -0.2) is 4.79 Å². The van der Waals surface area contributed by atoms with E-state index in [0.29, 0.717) is 0 Å². The smallest absolute Gasteiger partial charge is 0.348 e. The maximum Gasteiger partial charge on any atom is 0.348 e. The number of carbonyl (C=O) groups is 1. The van der Waals surface area contributed by atoms with Gasteiger partial charge in [-0.2, -0.15) is 0 Å².